The van der Waals surface area contributed by atoms with Crippen LogP contribution in [-0.2, 0) is 0 Å². The zero-order valence-corrected chi connectivity index (χ0v) is 13.5. The largest absolute Gasteiger partial charge is 0.309 e. The van der Waals surface area contributed by atoms with Gasteiger partial charge in [-0.25, -0.2) is 0 Å². The number of hydrogen-bond donors (Lipinski definition) is 0. The summed E-state index contributed by atoms with van der Waals surface area (Å²) >= 11 is 3.32. The monoisotopic (exact) mass is 366 g/mol. The lowest BCUT2D eigenvalue weighted by Crippen LogP contribution is -1.95. The van der Waals surface area contributed by atoms with Crippen molar-refractivity contribution in [1.82, 2.24) is 4.57 Å². The van der Waals surface area contributed by atoms with Crippen molar-refractivity contribution in [3.05, 3.63) is 81.3 Å². The molecular formula is C18H11BrN2O2. The first-order valence-corrected chi connectivity index (χ1v) is 7.88. The molecule has 0 spiro atoms. The van der Waals surface area contributed by atoms with E-state index in [2.05, 4.69) is 20.5 Å². The SMILES string of the molecule is O=[N+]([O-])c1cc2c(cc1Br)c1ccccc1n2-c1ccccc1. The number of halogens is 1. The van der Waals surface area contributed by atoms with Crippen LogP contribution in [0.2, 0.25) is 0 Å². The van der Waals surface area contributed by atoms with E-state index in [1.165, 1.54) is 0 Å². The smallest absolute Gasteiger partial charge is 0.285 e. The molecule has 0 bridgehead atoms. The summed E-state index contributed by atoms with van der Waals surface area (Å²) in [6, 6.07) is 21.4. The number of aromatic nitrogens is 1. The highest BCUT2D eigenvalue weighted by Crippen LogP contribution is 2.37. The molecular weight excluding hydrogens is 356 g/mol. The molecule has 0 saturated carbocycles. The Morgan fingerprint density at radius 2 is 1.57 bits per heavy atom. The lowest BCUT2D eigenvalue weighted by Gasteiger charge is -2.07. The molecule has 4 rings (SSSR count). The van der Waals surface area contributed by atoms with Crippen molar-refractivity contribution in [2.75, 3.05) is 0 Å². The Bertz CT molecular complexity index is 1050. The fraction of sp³-hybridized carbons (Fsp3) is 0. The van der Waals surface area contributed by atoms with Gasteiger partial charge in [0.25, 0.3) is 5.69 Å². The molecule has 4 nitrogen and oxygen atoms in total. The first-order valence-electron chi connectivity index (χ1n) is 7.09. The number of nitro benzene ring substituents is 1. The third-order valence-electron chi connectivity index (χ3n) is 3.95. The van der Waals surface area contributed by atoms with Crippen molar-refractivity contribution in [2.45, 2.75) is 0 Å². The molecule has 0 unspecified atom stereocenters. The highest BCUT2D eigenvalue weighted by atomic mass is 79.9. The molecule has 0 aliphatic heterocycles. The molecule has 0 radical (unpaired) electrons. The van der Waals surface area contributed by atoms with Gasteiger partial charge in [0.05, 0.1) is 20.4 Å². The number of nitro groups is 1. The number of rotatable bonds is 2. The van der Waals surface area contributed by atoms with Crippen LogP contribution in [0.15, 0.2) is 71.2 Å². The van der Waals surface area contributed by atoms with Gasteiger partial charge in [-0.05, 0) is 40.2 Å². The van der Waals surface area contributed by atoms with Crippen LogP contribution < -0.4 is 0 Å². The number of hydrogen-bond acceptors (Lipinski definition) is 2. The molecule has 1 aromatic heterocycles. The van der Waals surface area contributed by atoms with E-state index in [0.29, 0.717) is 4.47 Å². The predicted octanol–water partition coefficient (Wildman–Crippen LogP) is 5.45. The molecule has 3 aromatic carbocycles. The van der Waals surface area contributed by atoms with Crippen molar-refractivity contribution < 1.29 is 4.92 Å². The topological polar surface area (TPSA) is 48.1 Å². The number of nitrogens with zero attached hydrogens (tertiary/aromatic N) is 2. The van der Waals surface area contributed by atoms with E-state index in [-0.39, 0.29) is 10.6 Å². The molecule has 112 valence electrons. The van der Waals surface area contributed by atoms with Gasteiger partial charge in [-0.1, -0.05) is 36.4 Å². The van der Waals surface area contributed by atoms with E-state index >= 15 is 0 Å². The quantitative estimate of drug-likeness (QED) is 0.349. The third-order valence-corrected chi connectivity index (χ3v) is 4.59. The molecule has 5 heteroatoms. The van der Waals surface area contributed by atoms with Crippen molar-refractivity contribution >= 4 is 43.4 Å². The van der Waals surface area contributed by atoms with Crippen LogP contribution >= 0.6 is 15.9 Å². The fourth-order valence-electron chi connectivity index (χ4n) is 2.97. The molecule has 4 aromatic rings. The molecule has 0 amide bonds. The van der Waals surface area contributed by atoms with E-state index in [9.17, 15) is 10.1 Å². The van der Waals surface area contributed by atoms with Gasteiger partial charge in [0.15, 0.2) is 0 Å². The minimum atomic E-state index is -0.365. The Kier molecular flexibility index (Phi) is 3.16. The average molecular weight is 367 g/mol. The first-order chi connectivity index (χ1) is 11.2. The maximum atomic E-state index is 11.3. The lowest BCUT2D eigenvalue weighted by molar-refractivity contribution is -0.385. The van der Waals surface area contributed by atoms with Crippen molar-refractivity contribution in [1.29, 1.82) is 0 Å². The standard InChI is InChI=1S/C18H11BrN2O2/c19-15-10-14-13-8-4-5-9-16(13)20(12-6-2-1-3-7-12)17(14)11-18(15)21(22)23/h1-11H. The van der Waals surface area contributed by atoms with Gasteiger partial charge in [-0.2, -0.15) is 0 Å². The predicted molar refractivity (Wildman–Crippen MR) is 95.1 cm³/mol. The average Bonchev–Trinajstić information content (AvgIpc) is 2.88. The Morgan fingerprint density at radius 1 is 0.870 bits per heavy atom. The molecule has 0 saturated heterocycles. The zero-order chi connectivity index (χ0) is 16.0. The van der Waals surface area contributed by atoms with Crippen LogP contribution in [0.4, 0.5) is 5.69 Å². The van der Waals surface area contributed by atoms with Gasteiger partial charge in [-0.3, -0.25) is 10.1 Å². The Hall–Kier alpha value is -2.66. The second kappa shape index (κ2) is 5.21. The van der Waals surface area contributed by atoms with Crippen molar-refractivity contribution in [2.24, 2.45) is 0 Å². The summed E-state index contributed by atoms with van der Waals surface area (Å²) in [6.45, 7) is 0. The van der Waals surface area contributed by atoms with E-state index in [1.54, 1.807) is 6.07 Å². The molecule has 1 heterocycles. The summed E-state index contributed by atoms with van der Waals surface area (Å²) in [5, 5.41) is 13.4. The minimum Gasteiger partial charge on any atom is -0.309 e. The van der Waals surface area contributed by atoms with Crippen LogP contribution in [0.3, 0.4) is 0 Å². The summed E-state index contributed by atoms with van der Waals surface area (Å²) in [6.07, 6.45) is 0. The van der Waals surface area contributed by atoms with Crippen LogP contribution in [0.25, 0.3) is 27.5 Å². The number of para-hydroxylation sites is 2. The van der Waals surface area contributed by atoms with E-state index in [0.717, 1.165) is 27.5 Å². The lowest BCUT2D eigenvalue weighted by atomic mass is 10.1. The summed E-state index contributed by atoms with van der Waals surface area (Å²) in [5.74, 6) is 0. The van der Waals surface area contributed by atoms with E-state index in [4.69, 9.17) is 0 Å². The molecule has 0 atom stereocenters. The van der Waals surface area contributed by atoms with Crippen molar-refractivity contribution in [3.63, 3.8) is 0 Å². The molecule has 0 aliphatic carbocycles. The van der Waals surface area contributed by atoms with Gasteiger partial charge in [-0.15, -0.1) is 0 Å². The van der Waals surface area contributed by atoms with E-state index < -0.39 is 0 Å². The highest BCUT2D eigenvalue weighted by Gasteiger charge is 2.19. The van der Waals surface area contributed by atoms with Crippen molar-refractivity contribution in [3.8, 4) is 5.69 Å². The van der Waals surface area contributed by atoms with Gasteiger partial charge < -0.3 is 4.57 Å². The van der Waals surface area contributed by atoms with Gasteiger partial charge in [0, 0.05) is 22.5 Å². The molecule has 23 heavy (non-hydrogen) atoms. The van der Waals surface area contributed by atoms with E-state index in [1.807, 2.05) is 60.7 Å². The highest BCUT2D eigenvalue weighted by molar-refractivity contribution is 9.10. The zero-order valence-electron chi connectivity index (χ0n) is 11.9. The third kappa shape index (κ3) is 2.12. The Balaban J connectivity index is 2.21. The van der Waals surface area contributed by atoms with Gasteiger partial charge in [0.2, 0.25) is 0 Å². The molecule has 0 aliphatic rings. The number of fused-ring (bicyclic) bond motifs is 3. The van der Waals surface area contributed by atoms with Crippen LogP contribution in [0, 0.1) is 10.1 Å². The van der Waals surface area contributed by atoms with Crippen LogP contribution in [0.5, 0.6) is 0 Å². The molecule has 0 N–H and O–H groups in total. The summed E-state index contributed by atoms with van der Waals surface area (Å²) < 4.78 is 2.55. The van der Waals surface area contributed by atoms with Gasteiger partial charge in [0.1, 0.15) is 0 Å². The second-order valence-corrected chi connectivity index (χ2v) is 6.12. The summed E-state index contributed by atoms with van der Waals surface area (Å²) in [4.78, 5) is 10.9. The number of benzene rings is 3. The Morgan fingerprint density at radius 3 is 2.30 bits per heavy atom. The van der Waals surface area contributed by atoms with Crippen LogP contribution in [-0.4, -0.2) is 9.49 Å². The fourth-order valence-corrected chi connectivity index (χ4v) is 3.46. The normalized spacial score (nSPS) is 11.2. The van der Waals surface area contributed by atoms with Crippen LogP contribution in [0.1, 0.15) is 0 Å². The summed E-state index contributed by atoms with van der Waals surface area (Å²) in [5.41, 5.74) is 2.90. The van der Waals surface area contributed by atoms with Gasteiger partial charge >= 0.3 is 0 Å². The maximum absolute atomic E-state index is 11.3. The summed E-state index contributed by atoms with van der Waals surface area (Å²) in [7, 11) is 0. The Labute approximate surface area is 140 Å². The minimum absolute atomic E-state index is 0.0671. The second-order valence-electron chi connectivity index (χ2n) is 5.27. The maximum Gasteiger partial charge on any atom is 0.285 e. The first kappa shape index (κ1) is 14.0. The molecule has 0 fully saturated rings.